The lowest BCUT2D eigenvalue weighted by atomic mass is 9.82. The number of nitrogens with zero attached hydrogens (tertiary/aromatic N) is 1. The molecule has 0 aliphatic heterocycles. The molecule has 10 aromatic carbocycles. The number of fused-ring (bicyclic) bond motifs is 8. The van der Waals surface area contributed by atoms with Gasteiger partial charge in [-0.1, -0.05) is 192 Å². The largest absolute Gasteiger partial charge is 0.310 e. The van der Waals surface area contributed by atoms with Crippen molar-refractivity contribution in [3.05, 3.63) is 223 Å². The summed E-state index contributed by atoms with van der Waals surface area (Å²) in [5, 5.41) is 7.63. The fraction of sp³-hybridized carbons (Fsp3) is 0.111. The minimum Gasteiger partial charge on any atom is -0.310 e. The molecule has 0 spiro atoms. The molecule has 0 radical (unpaired) electrons. The average Bonchev–Trinajstić information content (AvgIpc) is 3.82. The van der Waals surface area contributed by atoms with Gasteiger partial charge in [-0.15, -0.1) is 11.3 Å². The van der Waals surface area contributed by atoms with Crippen LogP contribution in [-0.2, 0) is 10.8 Å². The van der Waals surface area contributed by atoms with Gasteiger partial charge in [-0.3, -0.25) is 0 Å². The zero-order valence-corrected chi connectivity index (χ0v) is 38.3. The Labute approximate surface area is 385 Å². The Balaban J connectivity index is 1.04. The molecule has 2 heteroatoms. The van der Waals surface area contributed by atoms with E-state index < -0.39 is 0 Å². The lowest BCUT2D eigenvalue weighted by molar-refractivity contribution is 0.590. The van der Waals surface area contributed by atoms with Gasteiger partial charge in [0.15, 0.2) is 0 Å². The highest BCUT2D eigenvalue weighted by Gasteiger charge is 2.36. The monoisotopic (exact) mass is 851 g/mol. The van der Waals surface area contributed by atoms with E-state index in [0.717, 1.165) is 17.1 Å². The summed E-state index contributed by atoms with van der Waals surface area (Å²) in [6.45, 7) is 11.6. The summed E-state index contributed by atoms with van der Waals surface area (Å²) in [4.78, 5) is 2.51. The molecule has 0 saturated carbocycles. The van der Waals surface area contributed by atoms with Crippen molar-refractivity contribution in [3.8, 4) is 44.5 Å². The van der Waals surface area contributed by atoms with E-state index in [2.05, 4.69) is 246 Å². The number of thiophene rings is 1. The molecule has 0 amide bonds. The van der Waals surface area contributed by atoms with E-state index in [0.29, 0.717) is 0 Å². The molecular formula is C63H49NS. The highest BCUT2D eigenvalue weighted by Crippen LogP contribution is 2.54. The predicted molar refractivity (Wildman–Crippen MR) is 282 cm³/mol. The van der Waals surface area contributed by atoms with Gasteiger partial charge in [-0.25, -0.2) is 0 Å². The zero-order chi connectivity index (χ0) is 44.0. The van der Waals surface area contributed by atoms with Crippen molar-refractivity contribution in [1.29, 1.82) is 0 Å². The van der Waals surface area contributed by atoms with Crippen LogP contribution in [-0.4, -0.2) is 0 Å². The van der Waals surface area contributed by atoms with Gasteiger partial charge < -0.3 is 4.90 Å². The summed E-state index contributed by atoms with van der Waals surface area (Å²) in [6.07, 6.45) is 0. The molecule has 12 rings (SSSR count). The van der Waals surface area contributed by atoms with Crippen LogP contribution in [0, 0.1) is 0 Å². The Morgan fingerprint density at radius 3 is 1.66 bits per heavy atom. The molecule has 0 unspecified atom stereocenters. The molecule has 65 heavy (non-hydrogen) atoms. The van der Waals surface area contributed by atoms with E-state index in [4.69, 9.17) is 0 Å². The van der Waals surface area contributed by atoms with Crippen LogP contribution in [0.1, 0.15) is 51.3 Å². The van der Waals surface area contributed by atoms with Crippen molar-refractivity contribution < 1.29 is 0 Å². The Bertz CT molecular complexity index is 3640. The van der Waals surface area contributed by atoms with Gasteiger partial charge in [0.1, 0.15) is 0 Å². The van der Waals surface area contributed by atoms with Gasteiger partial charge in [0.05, 0.1) is 5.69 Å². The minimum atomic E-state index is -0.129. The number of hydrogen-bond acceptors (Lipinski definition) is 2. The van der Waals surface area contributed by atoms with Crippen LogP contribution in [0.3, 0.4) is 0 Å². The van der Waals surface area contributed by atoms with Crippen molar-refractivity contribution in [3.63, 3.8) is 0 Å². The van der Waals surface area contributed by atoms with Crippen LogP contribution in [0.15, 0.2) is 206 Å². The fourth-order valence-electron chi connectivity index (χ4n) is 10.5. The van der Waals surface area contributed by atoms with Gasteiger partial charge in [0, 0.05) is 48.1 Å². The number of hydrogen-bond donors (Lipinski definition) is 0. The van der Waals surface area contributed by atoms with Crippen LogP contribution >= 0.6 is 11.3 Å². The number of benzene rings is 10. The second-order valence-electron chi connectivity index (χ2n) is 19.3. The van der Waals surface area contributed by atoms with Crippen LogP contribution in [0.2, 0.25) is 0 Å². The third kappa shape index (κ3) is 6.50. The average molecular weight is 852 g/mol. The summed E-state index contributed by atoms with van der Waals surface area (Å²) in [6, 6.07) is 77.3. The van der Waals surface area contributed by atoms with Crippen LogP contribution < -0.4 is 4.90 Å². The fourth-order valence-corrected chi connectivity index (χ4v) is 11.7. The zero-order valence-electron chi connectivity index (χ0n) is 37.5. The molecule has 1 aliphatic carbocycles. The first-order valence-electron chi connectivity index (χ1n) is 22.8. The van der Waals surface area contributed by atoms with Crippen LogP contribution in [0.5, 0.6) is 0 Å². The maximum atomic E-state index is 2.51. The molecule has 0 bridgehead atoms. The highest BCUT2D eigenvalue weighted by atomic mass is 32.1. The smallest absolute Gasteiger partial charge is 0.0547 e. The summed E-state index contributed by atoms with van der Waals surface area (Å²) >= 11 is 1.89. The lowest BCUT2D eigenvalue weighted by Crippen LogP contribution is -2.15. The molecule has 0 saturated heterocycles. The Hall–Kier alpha value is -7.26. The lowest BCUT2D eigenvalue weighted by Gasteiger charge is -2.30. The summed E-state index contributed by atoms with van der Waals surface area (Å²) in [5.41, 5.74) is 17.5. The Morgan fingerprint density at radius 1 is 0.415 bits per heavy atom. The molecule has 0 N–H and O–H groups in total. The van der Waals surface area contributed by atoms with Crippen LogP contribution in [0.4, 0.5) is 17.1 Å². The molecular weight excluding hydrogens is 803 g/mol. The van der Waals surface area contributed by atoms with Crippen molar-refractivity contribution in [2.24, 2.45) is 0 Å². The first-order valence-corrected chi connectivity index (χ1v) is 23.6. The third-order valence-corrected chi connectivity index (χ3v) is 15.3. The van der Waals surface area contributed by atoms with Gasteiger partial charge >= 0.3 is 0 Å². The van der Waals surface area contributed by atoms with Gasteiger partial charge in [0.2, 0.25) is 0 Å². The summed E-state index contributed by atoms with van der Waals surface area (Å²) in [7, 11) is 0. The quantitative estimate of drug-likeness (QED) is 0.161. The van der Waals surface area contributed by atoms with E-state index in [1.54, 1.807) is 0 Å². The molecule has 312 valence electrons. The number of anilines is 3. The standard InChI is InChI=1S/C63H49NS/c1-62(2,3)47-30-25-42(26-31-47)40-21-23-41(24-22-40)43-27-32-48(33-28-43)64(49-34-35-56-55(39-49)54-37-45-14-6-7-15-46(45)38-57(54)63(56,4)5)58-36-29-44-13-8-9-16-50(44)60(58)53-19-12-18-52-51-17-10-11-20-59(51)65-61(52)53/h6-39H,1-5H3. The van der Waals surface area contributed by atoms with Crippen molar-refractivity contribution in [2.45, 2.75) is 45.4 Å². The van der Waals surface area contributed by atoms with Crippen molar-refractivity contribution in [2.75, 3.05) is 4.90 Å². The van der Waals surface area contributed by atoms with Crippen LogP contribution in [0.25, 0.3) is 86.2 Å². The van der Waals surface area contributed by atoms with Gasteiger partial charge in [0.25, 0.3) is 0 Å². The van der Waals surface area contributed by atoms with E-state index in [1.165, 1.54) is 103 Å². The third-order valence-electron chi connectivity index (χ3n) is 14.0. The maximum absolute atomic E-state index is 2.51. The van der Waals surface area contributed by atoms with E-state index in [1.807, 2.05) is 11.3 Å². The molecule has 0 fully saturated rings. The first-order chi connectivity index (χ1) is 31.6. The normalized spacial score (nSPS) is 13.1. The van der Waals surface area contributed by atoms with Crippen molar-refractivity contribution in [1.82, 2.24) is 0 Å². The van der Waals surface area contributed by atoms with Gasteiger partial charge in [-0.05, 0) is 126 Å². The molecule has 1 aromatic heterocycles. The summed E-state index contributed by atoms with van der Waals surface area (Å²) < 4.78 is 2.62. The highest BCUT2D eigenvalue weighted by molar-refractivity contribution is 7.26. The second kappa shape index (κ2) is 14.9. The van der Waals surface area contributed by atoms with Crippen molar-refractivity contribution >= 4 is 70.1 Å². The van der Waals surface area contributed by atoms with E-state index in [9.17, 15) is 0 Å². The van der Waals surface area contributed by atoms with E-state index >= 15 is 0 Å². The second-order valence-corrected chi connectivity index (χ2v) is 20.4. The Kier molecular flexibility index (Phi) is 9.02. The topological polar surface area (TPSA) is 3.24 Å². The molecule has 1 aliphatic rings. The first kappa shape index (κ1) is 39.3. The number of rotatable bonds is 6. The molecule has 1 nitrogen and oxygen atoms in total. The minimum absolute atomic E-state index is 0.129. The molecule has 1 heterocycles. The summed E-state index contributed by atoms with van der Waals surface area (Å²) in [5.74, 6) is 0. The molecule has 11 aromatic rings. The van der Waals surface area contributed by atoms with Gasteiger partial charge in [-0.2, -0.15) is 0 Å². The predicted octanol–water partition coefficient (Wildman–Crippen LogP) is 18.4. The molecule has 0 atom stereocenters. The van der Waals surface area contributed by atoms with E-state index in [-0.39, 0.29) is 10.8 Å². The SMILES string of the molecule is CC(C)(C)c1ccc(-c2ccc(-c3ccc(N(c4ccc5c(c4)-c4cc6ccccc6cc4C5(C)C)c4ccc5ccccc5c4-c4cccc5c4sc4ccccc45)cc3)cc2)cc1. The Morgan fingerprint density at radius 2 is 0.969 bits per heavy atom. The maximum Gasteiger partial charge on any atom is 0.0547 e.